The Bertz CT molecular complexity index is 684. The molecule has 1 amide bonds. The Labute approximate surface area is 128 Å². The number of carbonyl (C=O) groups excluding carboxylic acids is 1. The SMILES string of the molecule is Cc1cc(C(=O)NCC(C)(O)c2cnn(C)c2)cc(C)c1F. The van der Waals surface area contributed by atoms with E-state index in [0.717, 1.165) is 0 Å². The number of halogens is 1. The smallest absolute Gasteiger partial charge is 0.251 e. The Kier molecular flexibility index (Phi) is 4.32. The Balaban J connectivity index is 2.10. The summed E-state index contributed by atoms with van der Waals surface area (Å²) in [6, 6.07) is 2.99. The third-order valence-electron chi connectivity index (χ3n) is 3.62. The van der Waals surface area contributed by atoms with Crippen molar-refractivity contribution in [3.8, 4) is 0 Å². The van der Waals surface area contributed by atoms with Gasteiger partial charge < -0.3 is 10.4 Å². The number of aryl methyl sites for hydroxylation is 3. The second-order valence-corrected chi connectivity index (χ2v) is 5.78. The number of hydrogen-bond acceptors (Lipinski definition) is 3. The highest BCUT2D eigenvalue weighted by Gasteiger charge is 2.25. The van der Waals surface area contributed by atoms with Crippen molar-refractivity contribution in [2.75, 3.05) is 6.54 Å². The van der Waals surface area contributed by atoms with E-state index in [1.54, 1.807) is 44.9 Å². The van der Waals surface area contributed by atoms with Gasteiger partial charge in [0.25, 0.3) is 5.91 Å². The van der Waals surface area contributed by atoms with Gasteiger partial charge in [-0.1, -0.05) is 0 Å². The van der Waals surface area contributed by atoms with Crippen molar-refractivity contribution >= 4 is 5.91 Å². The van der Waals surface area contributed by atoms with Gasteiger partial charge in [-0.2, -0.15) is 5.10 Å². The fourth-order valence-electron chi connectivity index (χ4n) is 2.23. The molecule has 0 aliphatic rings. The molecule has 0 radical (unpaired) electrons. The highest BCUT2D eigenvalue weighted by atomic mass is 19.1. The van der Waals surface area contributed by atoms with Crippen molar-refractivity contribution in [2.45, 2.75) is 26.4 Å². The molecule has 1 heterocycles. The van der Waals surface area contributed by atoms with Crippen molar-refractivity contribution in [1.82, 2.24) is 15.1 Å². The first-order valence-corrected chi connectivity index (χ1v) is 6.97. The van der Waals surface area contributed by atoms with E-state index in [9.17, 15) is 14.3 Å². The molecule has 6 heteroatoms. The minimum atomic E-state index is -1.23. The summed E-state index contributed by atoms with van der Waals surface area (Å²) in [4.78, 5) is 12.2. The lowest BCUT2D eigenvalue weighted by Gasteiger charge is -2.22. The number of aliphatic hydroxyl groups is 1. The average Bonchev–Trinajstić information content (AvgIpc) is 2.89. The minimum Gasteiger partial charge on any atom is -0.383 e. The molecular formula is C16H20FN3O2. The van der Waals surface area contributed by atoms with Crippen LogP contribution in [0.25, 0.3) is 0 Å². The van der Waals surface area contributed by atoms with E-state index in [1.165, 1.54) is 12.1 Å². The molecule has 1 aromatic carbocycles. The maximum atomic E-state index is 13.6. The number of nitrogens with one attached hydrogen (secondary N) is 1. The first-order chi connectivity index (χ1) is 10.2. The van der Waals surface area contributed by atoms with Gasteiger partial charge in [0.05, 0.1) is 12.7 Å². The Morgan fingerprint density at radius 2 is 2.00 bits per heavy atom. The van der Waals surface area contributed by atoms with Crippen molar-refractivity contribution < 1.29 is 14.3 Å². The number of amides is 1. The molecule has 0 bridgehead atoms. The predicted molar refractivity (Wildman–Crippen MR) is 81.0 cm³/mol. The molecule has 1 unspecified atom stereocenters. The molecule has 0 saturated heterocycles. The van der Waals surface area contributed by atoms with Gasteiger partial charge in [0, 0.05) is 24.4 Å². The number of nitrogens with zero attached hydrogens (tertiary/aromatic N) is 2. The van der Waals surface area contributed by atoms with Crippen LogP contribution in [0.5, 0.6) is 0 Å². The maximum Gasteiger partial charge on any atom is 0.251 e. The van der Waals surface area contributed by atoms with Crippen molar-refractivity contribution in [1.29, 1.82) is 0 Å². The zero-order valence-corrected chi connectivity index (χ0v) is 13.1. The molecule has 0 spiro atoms. The Hall–Kier alpha value is -2.21. The molecule has 2 rings (SSSR count). The van der Waals surface area contributed by atoms with Crippen molar-refractivity contribution in [3.63, 3.8) is 0 Å². The van der Waals surface area contributed by atoms with Gasteiger partial charge in [0.2, 0.25) is 0 Å². The third kappa shape index (κ3) is 3.33. The Morgan fingerprint density at radius 3 is 2.50 bits per heavy atom. The zero-order valence-electron chi connectivity index (χ0n) is 13.1. The molecule has 118 valence electrons. The van der Waals surface area contributed by atoms with Crippen LogP contribution < -0.4 is 5.32 Å². The summed E-state index contributed by atoms with van der Waals surface area (Å²) in [5.74, 6) is -0.658. The van der Waals surface area contributed by atoms with Crippen LogP contribution in [0.1, 0.15) is 34.0 Å². The summed E-state index contributed by atoms with van der Waals surface area (Å²) in [7, 11) is 1.75. The molecule has 22 heavy (non-hydrogen) atoms. The first kappa shape index (κ1) is 16.2. The molecule has 0 fully saturated rings. The number of rotatable bonds is 4. The van der Waals surface area contributed by atoms with Gasteiger partial charge in [0.15, 0.2) is 0 Å². The van der Waals surface area contributed by atoms with Crippen LogP contribution >= 0.6 is 0 Å². The topological polar surface area (TPSA) is 67.2 Å². The lowest BCUT2D eigenvalue weighted by Crippen LogP contribution is -2.38. The summed E-state index contributed by atoms with van der Waals surface area (Å²) < 4.78 is 15.2. The van der Waals surface area contributed by atoms with Crippen LogP contribution in [0.15, 0.2) is 24.5 Å². The van der Waals surface area contributed by atoms with Gasteiger partial charge in [-0.15, -0.1) is 0 Å². The van der Waals surface area contributed by atoms with Crippen LogP contribution in [-0.4, -0.2) is 27.3 Å². The van der Waals surface area contributed by atoms with E-state index in [-0.39, 0.29) is 18.3 Å². The lowest BCUT2D eigenvalue weighted by molar-refractivity contribution is 0.0526. The summed E-state index contributed by atoms with van der Waals surface area (Å²) in [6.45, 7) is 4.87. The molecule has 2 aromatic rings. The van der Waals surface area contributed by atoms with Crippen LogP contribution in [0, 0.1) is 19.7 Å². The molecule has 0 saturated carbocycles. The van der Waals surface area contributed by atoms with Gasteiger partial charge in [-0.3, -0.25) is 9.48 Å². The first-order valence-electron chi connectivity index (χ1n) is 6.97. The summed E-state index contributed by atoms with van der Waals surface area (Å²) in [5.41, 5.74) is 0.599. The standard InChI is InChI=1S/C16H20FN3O2/c1-10-5-12(6-11(2)14(10)17)15(21)18-9-16(3,22)13-7-19-20(4)8-13/h5-8,22H,9H2,1-4H3,(H,18,21). The highest BCUT2D eigenvalue weighted by Crippen LogP contribution is 2.19. The number of benzene rings is 1. The van der Waals surface area contributed by atoms with Crippen LogP contribution in [0.2, 0.25) is 0 Å². The van der Waals surface area contributed by atoms with Gasteiger partial charge >= 0.3 is 0 Å². The summed E-state index contributed by atoms with van der Waals surface area (Å²) in [6.07, 6.45) is 3.25. The number of aromatic nitrogens is 2. The lowest BCUT2D eigenvalue weighted by atomic mass is 9.99. The van der Waals surface area contributed by atoms with Gasteiger partial charge in [-0.05, 0) is 44.0 Å². The largest absolute Gasteiger partial charge is 0.383 e. The molecule has 1 atom stereocenters. The summed E-state index contributed by atoms with van der Waals surface area (Å²) >= 11 is 0. The highest BCUT2D eigenvalue weighted by molar-refractivity contribution is 5.94. The van der Waals surface area contributed by atoms with E-state index in [2.05, 4.69) is 10.4 Å². The Morgan fingerprint density at radius 1 is 1.41 bits per heavy atom. The molecule has 0 aliphatic heterocycles. The third-order valence-corrected chi connectivity index (χ3v) is 3.62. The van der Waals surface area contributed by atoms with Crippen LogP contribution in [-0.2, 0) is 12.6 Å². The molecule has 1 aromatic heterocycles. The second kappa shape index (κ2) is 5.88. The summed E-state index contributed by atoms with van der Waals surface area (Å²) in [5, 5.41) is 17.1. The van der Waals surface area contributed by atoms with Crippen LogP contribution in [0.4, 0.5) is 4.39 Å². The van der Waals surface area contributed by atoms with E-state index >= 15 is 0 Å². The fourth-order valence-corrected chi connectivity index (χ4v) is 2.23. The van der Waals surface area contributed by atoms with Crippen molar-refractivity contribution in [3.05, 3.63) is 52.6 Å². The normalized spacial score (nSPS) is 13.7. The molecular weight excluding hydrogens is 285 g/mol. The van der Waals surface area contributed by atoms with Crippen LogP contribution in [0.3, 0.4) is 0 Å². The second-order valence-electron chi connectivity index (χ2n) is 5.78. The molecule has 0 aliphatic carbocycles. The van der Waals surface area contributed by atoms with E-state index in [4.69, 9.17) is 0 Å². The number of carbonyl (C=O) groups is 1. The number of hydrogen-bond donors (Lipinski definition) is 2. The van der Waals surface area contributed by atoms with Gasteiger partial charge in [-0.25, -0.2) is 4.39 Å². The zero-order chi connectivity index (χ0) is 16.5. The fraction of sp³-hybridized carbons (Fsp3) is 0.375. The monoisotopic (exact) mass is 305 g/mol. The minimum absolute atomic E-state index is 0.0347. The predicted octanol–water partition coefficient (Wildman–Crippen LogP) is 1.81. The van der Waals surface area contributed by atoms with E-state index in [0.29, 0.717) is 22.3 Å². The van der Waals surface area contributed by atoms with Crippen molar-refractivity contribution in [2.24, 2.45) is 7.05 Å². The maximum absolute atomic E-state index is 13.6. The molecule has 5 nitrogen and oxygen atoms in total. The van der Waals surface area contributed by atoms with E-state index in [1.807, 2.05) is 0 Å². The quantitative estimate of drug-likeness (QED) is 0.905. The van der Waals surface area contributed by atoms with Gasteiger partial charge in [0.1, 0.15) is 11.4 Å². The average molecular weight is 305 g/mol. The van der Waals surface area contributed by atoms with E-state index < -0.39 is 5.60 Å². The molecule has 2 N–H and O–H groups in total.